The fourth-order valence-electron chi connectivity index (χ4n) is 5.17. The first-order valence-corrected chi connectivity index (χ1v) is 11.5. The summed E-state index contributed by atoms with van der Waals surface area (Å²) in [6.07, 6.45) is -2.71. The molecule has 1 aromatic heterocycles. The number of benzene rings is 2. The van der Waals surface area contributed by atoms with Crippen LogP contribution < -0.4 is 0 Å². The second-order valence-electron chi connectivity index (χ2n) is 9.06. The number of carbonyl (C=O) groups excluding carboxylic acids is 2. The van der Waals surface area contributed by atoms with Crippen molar-refractivity contribution in [2.75, 3.05) is 26.2 Å². The molecule has 5 nitrogen and oxygen atoms in total. The Kier molecular flexibility index (Phi) is 5.81. The van der Waals surface area contributed by atoms with E-state index in [-0.39, 0.29) is 16.7 Å². The van der Waals surface area contributed by atoms with Gasteiger partial charge in [0.15, 0.2) is 17.1 Å². The number of piperazine rings is 1. The fraction of sp³-hybridized carbons (Fsp3) is 0.296. The van der Waals surface area contributed by atoms with Gasteiger partial charge in [-0.1, -0.05) is 48.5 Å². The maximum atomic E-state index is 13.8. The molecule has 1 aliphatic heterocycles. The van der Waals surface area contributed by atoms with E-state index in [0.29, 0.717) is 32.4 Å². The normalized spacial score (nSPS) is 18.6. The number of nitrogens with zero attached hydrogens (tertiary/aromatic N) is 3. The van der Waals surface area contributed by atoms with Crippen molar-refractivity contribution in [2.24, 2.45) is 0 Å². The summed E-state index contributed by atoms with van der Waals surface area (Å²) < 4.78 is 40.6. The number of alkyl halides is 3. The van der Waals surface area contributed by atoms with Gasteiger partial charge in [0, 0.05) is 61.8 Å². The minimum Gasteiger partial charge on any atom is -0.297 e. The Morgan fingerprint density at radius 3 is 2.09 bits per heavy atom. The molecule has 2 aromatic carbocycles. The lowest BCUT2D eigenvalue weighted by Gasteiger charge is -2.44. The van der Waals surface area contributed by atoms with Crippen LogP contribution in [0, 0.1) is 6.92 Å². The number of halogens is 3. The Morgan fingerprint density at radius 2 is 1.49 bits per heavy atom. The molecule has 1 fully saturated rings. The predicted octanol–water partition coefficient (Wildman–Crippen LogP) is 4.50. The first-order chi connectivity index (χ1) is 16.7. The summed E-state index contributed by atoms with van der Waals surface area (Å²) in [5.74, 6) is -0.988. The highest BCUT2D eigenvalue weighted by Crippen LogP contribution is 2.44. The molecule has 35 heavy (non-hydrogen) atoms. The molecular formula is C27H24F3N3O2. The summed E-state index contributed by atoms with van der Waals surface area (Å²) >= 11 is 0. The smallest absolute Gasteiger partial charge is 0.297 e. The first kappa shape index (κ1) is 23.4. The summed E-state index contributed by atoms with van der Waals surface area (Å²) in [7, 11) is 0. The van der Waals surface area contributed by atoms with Gasteiger partial charge in [-0.05, 0) is 24.1 Å². The number of pyridine rings is 1. The summed E-state index contributed by atoms with van der Waals surface area (Å²) in [6, 6.07) is 15.4. The molecule has 1 saturated heterocycles. The van der Waals surface area contributed by atoms with E-state index in [2.05, 4.69) is 16.0 Å². The molecule has 0 bridgehead atoms. The number of hydrogen-bond acceptors (Lipinski definition) is 5. The average Bonchev–Trinajstić information content (AvgIpc) is 3.08. The number of carbonyl (C=O) groups is 2. The van der Waals surface area contributed by atoms with E-state index in [4.69, 9.17) is 0 Å². The molecule has 2 aliphatic rings. The third-order valence-corrected chi connectivity index (χ3v) is 7.06. The van der Waals surface area contributed by atoms with E-state index < -0.39 is 28.8 Å². The van der Waals surface area contributed by atoms with Gasteiger partial charge in [-0.25, -0.2) is 0 Å². The van der Waals surface area contributed by atoms with Crippen molar-refractivity contribution >= 4 is 11.6 Å². The Labute approximate surface area is 201 Å². The molecule has 0 spiro atoms. The highest BCUT2D eigenvalue weighted by molar-refractivity contribution is 6.32. The topological polar surface area (TPSA) is 53.5 Å². The van der Waals surface area contributed by atoms with Crippen molar-refractivity contribution in [2.45, 2.75) is 25.2 Å². The number of fused-ring (bicyclic) bond motifs is 1. The zero-order chi connectivity index (χ0) is 24.8. The van der Waals surface area contributed by atoms with E-state index >= 15 is 0 Å². The lowest BCUT2D eigenvalue weighted by atomic mass is 9.82. The Bertz CT molecular complexity index is 1260. The zero-order valence-electron chi connectivity index (χ0n) is 19.2. The zero-order valence-corrected chi connectivity index (χ0v) is 19.2. The molecule has 0 N–H and O–H groups in total. The molecule has 2 heterocycles. The average molecular weight is 480 g/mol. The van der Waals surface area contributed by atoms with Gasteiger partial charge in [0.1, 0.15) is 0 Å². The summed E-state index contributed by atoms with van der Waals surface area (Å²) in [5.41, 5.74) is -0.0344. The molecule has 0 saturated carbocycles. The van der Waals surface area contributed by atoms with Crippen LogP contribution in [0.25, 0.3) is 0 Å². The van der Waals surface area contributed by atoms with Crippen molar-refractivity contribution in [3.05, 3.63) is 100 Å². The van der Waals surface area contributed by atoms with Gasteiger partial charge in [0.25, 0.3) is 0 Å². The Hall–Kier alpha value is -3.36. The van der Waals surface area contributed by atoms with Crippen LogP contribution in [-0.4, -0.2) is 52.5 Å². The van der Waals surface area contributed by atoms with E-state index in [1.807, 2.05) is 25.1 Å². The summed E-state index contributed by atoms with van der Waals surface area (Å²) in [4.78, 5) is 35.4. The van der Waals surface area contributed by atoms with Gasteiger partial charge in [-0.2, -0.15) is 13.2 Å². The van der Waals surface area contributed by atoms with Gasteiger partial charge in [0.05, 0.1) is 5.56 Å². The van der Waals surface area contributed by atoms with Crippen LogP contribution in [0.5, 0.6) is 0 Å². The standard InChI is InChI=1S/C27H24F3N3O2/c1-18-6-2-3-7-19(18)17-32-10-12-33(13-11-32)26(20-14-21(16-31-15-20)27(28,29)30)24(34)22-8-4-5-9-23(22)25(26)35/h2-9,14-16H,10-13,17H2,1H3. The minimum atomic E-state index is -4.64. The van der Waals surface area contributed by atoms with E-state index in [0.717, 1.165) is 12.6 Å². The van der Waals surface area contributed by atoms with Gasteiger partial charge < -0.3 is 0 Å². The number of aryl methyl sites for hydroxylation is 1. The van der Waals surface area contributed by atoms with Crippen LogP contribution in [0.15, 0.2) is 67.0 Å². The van der Waals surface area contributed by atoms with Gasteiger partial charge >= 0.3 is 6.18 Å². The molecule has 180 valence electrons. The van der Waals surface area contributed by atoms with E-state index in [9.17, 15) is 22.8 Å². The number of aromatic nitrogens is 1. The van der Waals surface area contributed by atoms with Crippen LogP contribution in [0.1, 0.15) is 43.0 Å². The fourth-order valence-corrected chi connectivity index (χ4v) is 5.17. The van der Waals surface area contributed by atoms with Crippen LogP contribution in [-0.2, 0) is 18.3 Å². The van der Waals surface area contributed by atoms with E-state index in [1.54, 1.807) is 29.2 Å². The van der Waals surface area contributed by atoms with Crippen molar-refractivity contribution in [1.82, 2.24) is 14.8 Å². The number of ketones is 2. The molecule has 5 rings (SSSR count). The molecule has 0 unspecified atom stereocenters. The van der Waals surface area contributed by atoms with Crippen LogP contribution >= 0.6 is 0 Å². The number of Topliss-reactive ketones (excluding diaryl/α,β-unsaturated/α-hetero) is 2. The lowest BCUT2D eigenvalue weighted by Crippen LogP contribution is -2.60. The highest BCUT2D eigenvalue weighted by atomic mass is 19.4. The maximum Gasteiger partial charge on any atom is 0.417 e. The summed E-state index contributed by atoms with van der Waals surface area (Å²) in [6.45, 7) is 4.62. The molecule has 8 heteroatoms. The molecule has 1 aliphatic carbocycles. The minimum absolute atomic E-state index is 0.0362. The second-order valence-corrected chi connectivity index (χ2v) is 9.06. The van der Waals surface area contributed by atoms with Crippen LogP contribution in [0.4, 0.5) is 13.2 Å². The third-order valence-electron chi connectivity index (χ3n) is 7.06. The SMILES string of the molecule is Cc1ccccc1CN1CCN(C2(c3cncc(C(F)(F)F)c3)C(=O)c3ccccc3C2=O)CC1. The molecule has 0 atom stereocenters. The van der Waals surface area contributed by atoms with Crippen LogP contribution in [0.2, 0.25) is 0 Å². The Morgan fingerprint density at radius 1 is 0.886 bits per heavy atom. The monoisotopic (exact) mass is 479 g/mol. The van der Waals surface area contributed by atoms with Crippen molar-refractivity contribution in [1.29, 1.82) is 0 Å². The number of rotatable bonds is 4. The summed E-state index contributed by atoms with van der Waals surface area (Å²) in [5, 5.41) is 0. The third kappa shape index (κ3) is 3.86. The first-order valence-electron chi connectivity index (χ1n) is 11.5. The molecule has 3 aromatic rings. The van der Waals surface area contributed by atoms with E-state index in [1.165, 1.54) is 17.3 Å². The lowest BCUT2D eigenvalue weighted by molar-refractivity contribution is -0.138. The van der Waals surface area contributed by atoms with Crippen LogP contribution in [0.3, 0.4) is 0 Å². The molecule has 0 amide bonds. The van der Waals surface area contributed by atoms with Crippen molar-refractivity contribution in [3.8, 4) is 0 Å². The van der Waals surface area contributed by atoms with Crippen molar-refractivity contribution < 1.29 is 22.8 Å². The largest absolute Gasteiger partial charge is 0.417 e. The quantitative estimate of drug-likeness (QED) is 0.516. The van der Waals surface area contributed by atoms with Gasteiger partial charge in [0.2, 0.25) is 0 Å². The predicted molar refractivity (Wildman–Crippen MR) is 124 cm³/mol. The molecule has 0 radical (unpaired) electrons. The number of hydrogen-bond donors (Lipinski definition) is 0. The van der Waals surface area contributed by atoms with Gasteiger partial charge in [-0.15, -0.1) is 0 Å². The molecular weight excluding hydrogens is 455 g/mol. The second kappa shape index (κ2) is 8.70. The Balaban J connectivity index is 1.52. The van der Waals surface area contributed by atoms with Gasteiger partial charge in [-0.3, -0.25) is 24.4 Å². The maximum absolute atomic E-state index is 13.8. The van der Waals surface area contributed by atoms with Crippen molar-refractivity contribution in [3.63, 3.8) is 0 Å². The highest BCUT2D eigenvalue weighted by Gasteiger charge is 2.58.